The van der Waals surface area contributed by atoms with Crippen molar-refractivity contribution in [3.8, 4) is 0 Å². The standard InChI is InChI=1S/C23H33N3O2/c1-3-22(20-9-5-4-6-10-20)23(27)26(19-21-11-7-12-24(21)2)14-8-13-25-15-17-28-18-16-25/h4-7,9-12,22H,3,8,13-19H2,1-2H3/t22-/m0/s1. The van der Waals surface area contributed by atoms with Gasteiger partial charge in [0, 0.05) is 45.1 Å². The Morgan fingerprint density at radius 2 is 1.89 bits per heavy atom. The Balaban J connectivity index is 1.68. The third-order valence-corrected chi connectivity index (χ3v) is 5.63. The zero-order valence-corrected chi connectivity index (χ0v) is 17.2. The fourth-order valence-electron chi connectivity index (χ4n) is 3.89. The van der Waals surface area contributed by atoms with Crippen LogP contribution in [0.3, 0.4) is 0 Å². The molecule has 5 nitrogen and oxygen atoms in total. The molecule has 1 saturated heterocycles. The van der Waals surface area contributed by atoms with Crippen LogP contribution in [0.25, 0.3) is 0 Å². The first-order valence-corrected chi connectivity index (χ1v) is 10.4. The van der Waals surface area contributed by atoms with Gasteiger partial charge in [0.2, 0.25) is 5.91 Å². The highest BCUT2D eigenvalue weighted by Crippen LogP contribution is 2.23. The van der Waals surface area contributed by atoms with Gasteiger partial charge in [-0.1, -0.05) is 37.3 Å². The Labute approximate surface area is 168 Å². The Kier molecular flexibility index (Phi) is 7.69. The first-order chi connectivity index (χ1) is 13.7. The summed E-state index contributed by atoms with van der Waals surface area (Å²) < 4.78 is 7.54. The number of ether oxygens (including phenoxy) is 1. The molecule has 2 aromatic rings. The van der Waals surface area contributed by atoms with Crippen molar-refractivity contribution in [1.82, 2.24) is 14.4 Å². The van der Waals surface area contributed by atoms with E-state index in [0.29, 0.717) is 6.54 Å². The smallest absolute Gasteiger partial charge is 0.230 e. The summed E-state index contributed by atoms with van der Waals surface area (Å²) in [5, 5.41) is 0. The molecule has 1 aliphatic rings. The van der Waals surface area contributed by atoms with Crippen molar-refractivity contribution in [2.24, 2.45) is 7.05 Å². The van der Waals surface area contributed by atoms with Crippen molar-refractivity contribution in [3.05, 3.63) is 59.9 Å². The summed E-state index contributed by atoms with van der Waals surface area (Å²) in [6.45, 7) is 8.18. The van der Waals surface area contributed by atoms with E-state index in [1.165, 1.54) is 5.69 Å². The van der Waals surface area contributed by atoms with Crippen LogP contribution in [-0.4, -0.2) is 59.7 Å². The van der Waals surface area contributed by atoms with Crippen LogP contribution < -0.4 is 0 Å². The van der Waals surface area contributed by atoms with Crippen LogP contribution >= 0.6 is 0 Å². The number of hydrogen-bond donors (Lipinski definition) is 0. The quantitative estimate of drug-likeness (QED) is 0.667. The van der Waals surface area contributed by atoms with E-state index in [2.05, 4.69) is 39.5 Å². The fourth-order valence-corrected chi connectivity index (χ4v) is 3.89. The highest BCUT2D eigenvalue weighted by atomic mass is 16.5. The van der Waals surface area contributed by atoms with Crippen LogP contribution in [-0.2, 0) is 23.1 Å². The number of carbonyl (C=O) groups excluding carboxylic acids is 1. The Bertz CT molecular complexity index is 722. The van der Waals surface area contributed by atoms with Gasteiger partial charge in [-0.25, -0.2) is 0 Å². The van der Waals surface area contributed by atoms with Gasteiger partial charge in [-0.3, -0.25) is 9.69 Å². The number of morpholine rings is 1. The number of aromatic nitrogens is 1. The number of aryl methyl sites for hydroxylation is 1. The average Bonchev–Trinajstić information content (AvgIpc) is 3.14. The van der Waals surface area contributed by atoms with Crippen molar-refractivity contribution >= 4 is 5.91 Å². The number of benzene rings is 1. The van der Waals surface area contributed by atoms with Crippen LogP contribution in [0.2, 0.25) is 0 Å². The van der Waals surface area contributed by atoms with E-state index in [0.717, 1.165) is 57.8 Å². The maximum Gasteiger partial charge on any atom is 0.230 e. The van der Waals surface area contributed by atoms with Gasteiger partial charge in [-0.05, 0) is 30.5 Å². The molecule has 0 bridgehead atoms. The van der Waals surface area contributed by atoms with E-state index in [9.17, 15) is 4.79 Å². The third kappa shape index (κ3) is 5.46. The molecule has 0 saturated carbocycles. The molecule has 2 heterocycles. The second kappa shape index (κ2) is 10.4. The van der Waals surface area contributed by atoms with E-state index in [1.807, 2.05) is 37.5 Å². The molecule has 1 aromatic carbocycles. The number of amides is 1. The monoisotopic (exact) mass is 383 g/mol. The molecule has 0 radical (unpaired) electrons. The van der Waals surface area contributed by atoms with E-state index in [4.69, 9.17) is 4.74 Å². The molecule has 0 unspecified atom stereocenters. The minimum Gasteiger partial charge on any atom is -0.379 e. The first kappa shape index (κ1) is 20.6. The summed E-state index contributed by atoms with van der Waals surface area (Å²) in [6, 6.07) is 14.3. The summed E-state index contributed by atoms with van der Waals surface area (Å²) in [4.78, 5) is 18.0. The van der Waals surface area contributed by atoms with Crippen LogP contribution in [0.1, 0.15) is 36.9 Å². The van der Waals surface area contributed by atoms with Crippen molar-refractivity contribution in [3.63, 3.8) is 0 Å². The van der Waals surface area contributed by atoms with E-state index in [1.54, 1.807) is 0 Å². The molecule has 0 N–H and O–H groups in total. The second-order valence-corrected chi connectivity index (χ2v) is 7.55. The van der Waals surface area contributed by atoms with Crippen LogP contribution in [0.5, 0.6) is 0 Å². The largest absolute Gasteiger partial charge is 0.379 e. The molecule has 0 spiro atoms. The zero-order chi connectivity index (χ0) is 19.8. The summed E-state index contributed by atoms with van der Waals surface area (Å²) in [7, 11) is 2.04. The van der Waals surface area contributed by atoms with Crippen molar-refractivity contribution < 1.29 is 9.53 Å². The molecule has 1 aliphatic heterocycles. The number of nitrogens with zero attached hydrogens (tertiary/aromatic N) is 3. The van der Waals surface area contributed by atoms with Gasteiger partial charge in [0.1, 0.15) is 0 Å². The second-order valence-electron chi connectivity index (χ2n) is 7.55. The normalized spacial score (nSPS) is 16.1. The molecule has 28 heavy (non-hydrogen) atoms. The average molecular weight is 384 g/mol. The summed E-state index contributed by atoms with van der Waals surface area (Å²) in [5.41, 5.74) is 2.28. The zero-order valence-electron chi connectivity index (χ0n) is 17.2. The molecule has 1 fully saturated rings. The maximum absolute atomic E-state index is 13.5. The lowest BCUT2D eigenvalue weighted by molar-refractivity contribution is -0.133. The molecule has 1 aromatic heterocycles. The topological polar surface area (TPSA) is 37.7 Å². The van der Waals surface area contributed by atoms with Gasteiger partial charge in [0.25, 0.3) is 0 Å². The minimum atomic E-state index is -0.0788. The van der Waals surface area contributed by atoms with Gasteiger partial charge in [-0.2, -0.15) is 0 Å². The lowest BCUT2D eigenvalue weighted by Gasteiger charge is -2.30. The molecular formula is C23H33N3O2. The number of rotatable bonds is 9. The van der Waals surface area contributed by atoms with Gasteiger partial charge in [0.15, 0.2) is 0 Å². The van der Waals surface area contributed by atoms with Crippen LogP contribution in [0, 0.1) is 0 Å². The van der Waals surface area contributed by atoms with Crippen molar-refractivity contribution in [1.29, 1.82) is 0 Å². The Hall–Kier alpha value is -2.11. The van der Waals surface area contributed by atoms with Gasteiger partial charge >= 0.3 is 0 Å². The molecular weight excluding hydrogens is 350 g/mol. The summed E-state index contributed by atoms with van der Waals surface area (Å²) >= 11 is 0. The van der Waals surface area contributed by atoms with E-state index < -0.39 is 0 Å². The molecule has 1 atom stereocenters. The molecule has 1 amide bonds. The molecule has 3 rings (SSSR count). The summed E-state index contributed by atoms with van der Waals surface area (Å²) in [5.74, 6) is 0.154. The summed E-state index contributed by atoms with van der Waals surface area (Å²) in [6.07, 6.45) is 3.84. The van der Waals surface area contributed by atoms with Crippen LogP contribution in [0.15, 0.2) is 48.7 Å². The third-order valence-electron chi connectivity index (χ3n) is 5.63. The maximum atomic E-state index is 13.5. The number of hydrogen-bond acceptors (Lipinski definition) is 3. The highest BCUT2D eigenvalue weighted by Gasteiger charge is 2.25. The van der Waals surface area contributed by atoms with Gasteiger partial charge in [0.05, 0.1) is 25.7 Å². The van der Waals surface area contributed by atoms with Crippen molar-refractivity contribution in [2.75, 3.05) is 39.4 Å². The van der Waals surface area contributed by atoms with Gasteiger partial charge in [-0.15, -0.1) is 0 Å². The lowest BCUT2D eigenvalue weighted by Crippen LogP contribution is -2.40. The lowest BCUT2D eigenvalue weighted by atomic mass is 9.95. The van der Waals surface area contributed by atoms with Crippen molar-refractivity contribution in [2.45, 2.75) is 32.2 Å². The number of carbonyl (C=O) groups is 1. The Morgan fingerprint density at radius 3 is 2.54 bits per heavy atom. The minimum absolute atomic E-state index is 0.0788. The molecule has 5 heteroatoms. The fraction of sp³-hybridized carbons (Fsp3) is 0.522. The highest BCUT2D eigenvalue weighted by molar-refractivity contribution is 5.83. The molecule has 152 valence electrons. The van der Waals surface area contributed by atoms with Crippen LogP contribution in [0.4, 0.5) is 0 Å². The predicted octanol–water partition coefficient (Wildman–Crippen LogP) is 3.27. The SMILES string of the molecule is CC[C@H](C(=O)N(CCCN1CCOCC1)Cc1cccn1C)c1ccccc1. The molecule has 0 aliphatic carbocycles. The van der Waals surface area contributed by atoms with E-state index >= 15 is 0 Å². The van der Waals surface area contributed by atoms with E-state index in [-0.39, 0.29) is 11.8 Å². The first-order valence-electron chi connectivity index (χ1n) is 10.4. The predicted molar refractivity (Wildman–Crippen MR) is 112 cm³/mol. The van der Waals surface area contributed by atoms with Gasteiger partial charge < -0.3 is 14.2 Å². The Morgan fingerprint density at radius 1 is 1.14 bits per heavy atom.